The second-order valence-electron chi connectivity index (χ2n) is 6.69. The molecule has 2 atom stereocenters. The lowest BCUT2D eigenvalue weighted by Crippen LogP contribution is -2.40. The number of benzene rings is 1. The van der Waals surface area contributed by atoms with Crippen molar-refractivity contribution >= 4 is 29.9 Å². The molecule has 0 radical (unpaired) electrons. The van der Waals surface area contributed by atoms with Gasteiger partial charge in [0.25, 0.3) is 0 Å². The highest BCUT2D eigenvalue weighted by atomic mass is 35.5. The number of halogens is 1. The third-order valence-corrected chi connectivity index (χ3v) is 4.78. The average molecular weight is 352 g/mol. The summed E-state index contributed by atoms with van der Waals surface area (Å²) in [6.07, 6.45) is 5.62. The van der Waals surface area contributed by atoms with E-state index in [1.54, 1.807) is 0 Å². The van der Waals surface area contributed by atoms with Gasteiger partial charge in [0.2, 0.25) is 11.8 Å². The second kappa shape index (κ2) is 9.04. The van der Waals surface area contributed by atoms with E-state index < -0.39 is 0 Å². The van der Waals surface area contributed by atoms with Crippen molar-refractivity contribution in [1.82, 2.24) is 10.6 Å². The number of amides is 2. The minimum atomic E-state index is -0.0728. The molecule has 0 aliphatic carbocycles. The SMILES string of the molecule is Cl.O=C(CC1CC2CCC(C1)N2)NCCC(=O)Nc1ccccc1. The topological polar surface area (TPSA) is 70.2 Å². The molecule has 2 fully saturated rings. The lowest BCUT2D eigenvalue weighted by atomic mass is 9.89. The van der Waals surface area contributed by atoms with Crippen LogP contribution in [0.4, 0.5) is 5.69 Å². The van der Waals surface area contributed by atoms with Crippen LogP contribution < -0.4 is 16.0 Å². The van der Waals surface area contributed by atoms with Gasteiger partial charge in [-0.15, -0.1) is 12.4 Å². The molecule has 0 spiro atoms. The summed E-state index contributed by atoms with van der Waals surface area (Å²) in [5, 5.41) is 9.29. The van der Waals surface area contributed by atoms with Crippen molar-refractivity contribution in [3.63, 3.8) is 0 Å². The van der Waals surface area contributed by atoms with Crippen LogP contribution in [0.1, 0.15) is 38.5 Å². The van der Waals surface area contributed by atoms with E-state index in [9.17, 15) is 9.59 Å². The Hall–Kier alpha value is -1.59. The van der Waals surface area contributed by atoms with Crippen molar-refractivity contribution in [1.29, 1.82) is 0 Å². The Labute approximate surface area is 149 Å². The average Bonchev–Trinajstić information content (AvgIpc) is 2.87. The quantitative estimate of drug-likeness (QED) is 0.737. The summed E-state index contributed by atoms with van der Waals surface area (Å²) < 4.78 is 0. The van der Waals surface area contributed by atoms with E-state index in [2.05, 4.69) is 16.0 Å². The van der Waals surface area contributed by atoms with Gasteiger partial charge in [0.15, 0.2) is 0 Å². The predicted octanol–water partition coefficient (Wildman–Crippen LogP) is 2.47. The number of anilines is 1. The molecule has 2 amide bonds. The summed E-state index contributed by atoms with van der Waals surface area (Å²) in [7, 11) is 0. The van der Waals surface area contributed by atoms with Crippen LogP contribution in [0, 0.1) is 5.92 Å². The second-order valence-corrected chi connectivity index (χ2v) is 6.69. The molecule has 132 valence electrons. The molecule has 2 aliphatic heterocycles. The Morgan fingerprint density at radius 3 is 2.38 bits per heavy atom. The van der Waals surface area contributed by atoms with E-state index >= 15 is 0 Å². The number of fused-ring (bicyclic) bond motifs is 2. The van der Waals surface area contributed by atoms with E-state index in [0.29, 0.717) is 37.4 Å². The normalized spacial score (nSPS) is 24.8. The molecule has 3 N–H and O–H groups in total. The smallest absolute Gasteiger partial charge is 0.226 e. The van der Waals surface area contributed by atoms with E-state index in [0.717, 1.165) is 18.5 Å². The van der Waals surface area contributed by atoms with Gasteiger partial charge in [0.05, 0.1) is 0 Å². The molecular formula is C18H26ClN3O2. The van der Waals surface area contributed by atoms with Crippen LogP contribution in [0.25, 0.3) is 0 Å². The zero-order valence-corrected chi connectivity index (χ0v) is 14.6. The molecule has 3 rings (SSSR count). The summed E-state index contributed by atoms with van der Waals surface area (Å²) in [5.74, 6) is 0.493. The fourth-order valence-electron chi connectivity index (χ4n) is 3.74. The van der Waals surface area contributed by atoms with Crippen molar-refractivity contribution in [2.45, 2.75) is 50.6 Å². The van der Waals surface area contributed by atoms with Gasteiger partial charge in [-0.2, -0.15) is 0 Å². The minimum absolute atomic E-state index is 0. The van der Waals surface area contributed by atoms with Crippen LogP contribution in [0.3, 0.4) is 0 Å². The van der Waals surface area contributed by atoms with Crippen LogP contribution >= 0.6 is 12.4 Å². The number of carbonyl (C=O) groups is 2. The van der Waals surface area contributed by atoms with Crippen molar-refractivity contribution in [2.75, 3.05) is 11.9 Å². The van der Waals surface area contributed by atoms with Gasteiger partial charge < -0.3 is 16.0 Å². The molecule has 1 aromatic carbocycles. The molecule has 5 nitrogen and oxygen atoms in total. The first-order valence-electron chi connectivity index (χ1n) is 8.56. The van der Waals surface area contributed by atoms with E-state index in [-0.39, 0.29) is 24.2 Å². The van der Waals surface area contributed by atoms with Crippen LogP contribution in [-0.2, 0) is 9.59 Å². The molecule has 0 saturated carbocycles. The maximum atomic E-state index is 12.0. The molecule has 2 unspecified atom stereocenters. The maximum Gasteiger partial charge on any atom is 0.226 e. The van der Waals surface area contributed by atoms with Crippen LogP contribution in [0.15, 0.2) is 30.3 Å². The van der Waals surface area contributed by atoms with Gasteiger partial charge >= 0.3 is 0 Å². The summed E-state index contributed by atoms with van der Waals surface area (Å²) >= 11 is 0. The standard InChI is InChI=1S/C18H25N3O2.ClH/c22-17(21-14-4-2-1-3-5-14)8-9-19-18(23)12-13-10-15-6-7-16(11-13)20-15;/h1-5,13,15-16,20H,6-12H2,(H,19,23)(H,21,22);1H. The van der Waals surface area contributed by atoms with Crippen LogP contribution in [0.2, 0.25) is 0 Å². The number of piperidine rings is 1. The largest absolute Gasteiger partial charge is 0.356 e. The number of hydrogen-bond acceptors (Lipinski definition) is 3. The first kappa shape index (κ1) is 18.7. The van der Waals surface area contributed by atoms with Gasteiger partial charge in [0.1, 0.15) is 0 Å². The maximum absolute atomic E-state index is 12.0. The monoisotopic (exact) mass is 351 g/mol. The predicted molar refractivity (Wildman–Crippen MR) is 97.2 cm³/mol. The van der Waals surface area contributed by atoms with Crippen LogP contribution in [0.5, 0.6) is 0 Å². The highest BCUT2D eigenvalue weighted by molar-refractivity contribution is 5.91. The Morgan fingerprint density at radius 1 is 1.04 bits per heavy atom. The zero-order valence-electron chi connectivity index (χ0n) is 13.8. The molecular weight excluding hydrogens is 326 g/mol. The molecule has 2 aliphatic rings. The zero-order chi connectivity index (χ0) is 16.1. The molecule has 2 bridgehead atoms. The first-order chi connectivity index (χ1) is 11.2. The Balaban J connectivity index is 0.00000208. The van der Waals surface area contributed by atoms with Gasteiger partial charge in [-0.05, 0) is 43.7 Å². The van der Waals surface area contributed by atoms with Gasteiger partial charge in [0, 0.05) is 37.2 Å². The number of rotatable bonds is 6. The fraction of sp³-hybridized carbons (Fsp3) is 0.556. The van der Waals surface area contributed by atoms with E-state index in [1.807, 2.05) is 30.3 Å². The van der Waals surface area contributed by atoms with Gasteiger partial charge in [-0.1, -0.05) is 18.2 Å². The minimum Gasteiger partial charge on any atom is -0.356 e. The van der Waals surface area contributed by atoms with Crippen molar-refractivity contribution in [3.8, 4) is 0 Å². The molecule has 2 saturated heterocycles. The van der Waals surface area contributed by atoms with Crippen molar-refractivity contribution in [3.05, 3.63) is 30.3 Å². The fourth-order valence-corrected chi connectivity index (χ4v) is 3.74. The molecule has 2 heterocycles. The molecule has 0 aromatic heterocycles. The third kappa shape index (κ3) is 5.49. The summed E-state index contributed by atoms with van der Waals surface area (Å²) in [4.78, 5) is 23.8. The van der Waals surface area contributed by atoms with Gasteiger partial charge in [-0.25, -0.2) is 0 Å². The van der Waals surface area contributed by atoms with Crippen molar-refractivity contribution in [2.24, 2.45) is 5.92 Å². The number of carbonyl (C=O) groups excluding carboxylic acids is 2. The Kier molecular flexibility index (Phi) is 7.06. The first-order valence-corrected chi connectivity index (χ1v) is 8.56. The summed E-state index contributed by atoms with van der Waals surface area (Å²) in [6.45, 7) is 0.398. The molecule has 1 aromatic rings. The number of hydrogen-bond donors (Lipinski definition) is 3. The third-order valence-electron chi connectivity index (χ3n) is 4.78. The van der Waals surface area contributed by atoms with E-state index in [1.165, 1.54) is 12.8 Å². The lowest BCUT2D eigenvalue weighted by Gasteiger charge is -2.28. The Bertz CT molecular complexity index is 540. The van der Waals surface area contributed by atoms with E-state index in [4.69, 9.17) is 0 Å². The van der Waals surface area contributed by atoms with Crippen molar-refractivity contribution < 1.29 is 9.59 Å². The highest BCUT2D eigenvalue weighted by Gasteiger charge is 2.34. The number of nitrogens with one attached hydrogen (secondary N) is 3. The highest BCUT2D eigenvalue weighted by Crippen LogP contribution is 2.32. The summed E-state index contributed by atoms with van der Waals surface area (Å²) in [6, 6.07) is 10.6. The van der Waals surface area contributed by atoms with Crippen LogP contribution in [-0.4, -0.2) is 30.4 Å². The molecule has 6 heteroatoms. The van der Waals surface area contributed by atoms with Gasteiger partial charge in [-0.3, -0.25) is 9.59 Å². The Morgan fingerprint density at radius 2 is 1.71 bits per heavy atom. The summed E-state index contributed by atoms with van der Waals surface area (Å²) in [5.41, 5.74) is 0.786. The lowest BCUT2D eigenvalue weighted by molar-refractivity contribution is -0.122. The number of para-hydroxylation sites is 1. The molecule has 24 heavy (non-hydrogen) atoms.